The molecule has 0 unspecified atom stereocenters. The Bertz CT molecular complexity index is 456. The molecular formula is C12H14F3N3O2. The summed E-state index contributed by atoms with van der Waals surface area (Å²) < 4.78 is 45.0. The van der Waals surface area contributed by atoms with Crippen LogP contribution in [-0.4, -0.2) is 43.5 Å². The van der Waals surface area contributed by atoms with Crippen LogP contribution in [0.1, 0.15) is 0 Å². The Morgan fingerprint density at radius 2 is 1.80 bits per heavy atom. The number of nitrogens with zero attached hydrogens (tertiary/aromatic N) is 1. The Kier molecular flexibility index (Phi) is 4.33. The van der Waals surface area contributed by atoms with Gasteiger partial charge in [-0.3, -0.25) is 5.41 Å². The lowest BCUT2D eigenvalue weighted by molar-refractivity contribution is -0.274. The van der Waals surface area contributed by atoms with Crippen molar-refractivity contribution < 1.29 is 22.6 Å². The summed E-state index contributed by atoms with van der Waals surface area (Å²) in [5.41, 5.74) is 0.524. The topological polar surface area (TPSA) is 57.6 Å². The number of rotatable bonds is 2. The maximum absolute atomic E-state index is 12.0. The zero-order chi connectivity index (χ0) is 14.6. The van der Waals surface area contributed by atoms with E-state index in [4.69, 9.17) is 10.1 Å². The van der Waals surface area contributed by atoms with Crippen molar-refractivity contribution in [3.05, 3.63) is 24.3 Å². The quantitative estimate of drug-likeness (QED) is 0.648. The van der Waals surface area contributed by atoms with Crippen LogP contribution in [0.5, 0.6) is 5.75 Å². The number of guanidine groups is 1. The highest BCUT2D eigenvalue weighted by molar-refractivity contribution is 5.91. The molecule has 2 N–H and O–H groups in total. The number of morpholine rings is 1. The zero-order valence-corrected chi connectivity index (χ0v) is 10.5. The van der Waals surface area contributed by atoms with Crippen LogP contribution >= 0.6 is 0 Å². The van der Waals surface area contributed by atoms with Crippen molar-refractivity contribution in [2.24, 2.45) is 0 Å². The third kappa shape index (κ3) is 4.30. The average Bonchev–Trinajstić information content (AvgIpc) is 2.40. The van der Waals surface area contributed by atoms with Gasteiger partial charge in [-0.25, -0.2) is 0 Å². The van der Waals surface area contributed by atoms with Gasteiger partial charge in [-0.05, 0) is 24.3 Å². The Labute approximate surface area is 113 Å². The molecule has 1 fully saturated rings. The molecule has 1 aliphatic rings. The summed E-state index contributed by atoms with van der Waals surface area (Å²) in [5.74, 6) is -0.0984. The van der Waals surface area contributed by atoms with Gasteiger partial charge in [0.15, 0.2) is 5.96 Å². The molecule has 0 atom stereocenters. The van der Waals surface area contributed by atoms with Gasteiger partial charge >= 0.3 is 6.36 Å². The van der Waals surface area contributed by atoms with Gasteiger partial charge in [0.25, 0.3) is 0 Å². The number of nitrogens with one attached hydrogen (secondary N) is 2. The van der Waals surface area contributed by atoms with Gasteiger partial charge in [-0.15, -0.1) is 13.2 Å². The van der Waals surface area contributed by atoms with E-state index in [0.29, 0.717) is 32.0 Å². The number of halogens is 3. The maximum Gasteiger partial charge on any atom is 0.573 e. The van der Waals surface area contributed by atoms with Gasteiger partial charge in [0.1, 0.15) is 5.75 Å². The molecule has 20 heavy (non-hydrogen) atoms. The molecule has 0 saturated carbocycles. The minimum atomic E-state index is -4.70. The van der Waals surface area contributed by atoms with E-state index in [0.717, 1.165) is 0 Å². The molecule has 0 spiro atoms. The van der Waals surface area contributed by atoms with Crippen LogP contribution in [0.3, 0.4) is 0 Å². The normalized spacial score (nSPS) is 15.8. The van der Waals surface area contributed by atoms with Gasteiger partial charge in [0.2, 0.25) is 0 Å². The third-order valence-electron chi connectivity index (χ3n) is 2.68. The van der Waals surface area contributed by atoms with Crippen LogP contribution in [-0.2, 0) is 4.74 Å². The fraction of sp³-hybridized carbons (Fsp3) is 0.417. The maximum atomic E-state index is 12.0. The number of ether oxygens (including phenoxy) is 2. The number of hydrogen-bond acceptors (Lipinski definition) is 3. The van der Waals surface area contributed by atoms with Crippen molar-refractivity contribution in [1.29, 1.82) is 5.41 Å². The van der Waals surface area contributed by atoms with E-state index in [1.807, 2.05) is 0 Å². The fourth-order valence-corrected chi connectivity index (χ4v) is 1.74. The van der Waals surface area contributed by atoms with E-state index in [-0.39, 0.29) is 11.7 Å². The molecule has 0 aliphatic carbocycles. The SMILES string of the molecule is N=C(Nc1ccc(OC(F)(F)F)cc1)N1CCOCC1. The fourth-order valence-electron chi connectivity index (χ4n) is 1.74. The van der Waals surface area contributed by atoms with E-state index >= 15 is 0 Å². The van der Waals surface area contributed by atoms with Gasteiger partial charge in [0, 0.05) is 18.8 Å². The lowest BCUT2D eigenvalue weighted by Crippen LogP contribution is -2.43. The first-order chi connectivity index (χ1) is 9.44. The van der Waals surface area contributed by atoms with Gasteiger partial charge < -0.3 is 19.7 Å². The van der Waals surface area contributed by atoms with Crippen molar-refractivity contribution in [1.82, 2.24) is 4.90 Å². The highest BCUT2D eigenvalue weighted by Crippen LogP contribution is 2.24. The van der Waals surface area contributed by atoms with Crippen molar-refractivity contribution in [3.63, 3.8) is 0 Å². The van der Waals surface area contributed by atoms with Crippen molar-refractivity contribution in [2.75, 3.05) is 31.6 Å². The number of benzene rings is 1. The van der Waals surface area contributed by atoms with Crippen LogP contribution in [0.4, 0.5) is 18.9 Å². The summed E-state index contributed by atoms with van der Waals surface area (Å²) in [4.78, 5) is 1.80. The Balaban J connectivity index is 1.91. The van der Waals surface area contributed by atoms with Crippen LogP contribution in [0.15, 0.2) is 24.3 Å². The molecule has 1 saturated heterocycles. The predicted octanol–water partition coefficient (Wildman–Crippen LogP) is 2.26. The van der Waals surface area contributed by atoms with Gasteiger partial charge in [-0.1, -0.05) is 0 Å². The smallest absolute Gasteiger partial charge is 0.406 e. The Morgan fingerprint density at radius 1 is 1.20 bits per heavy atom. The second kappa shape index (κ2) is 6.00. The molecule has 1 heterocycles. The number of hydrogen-bond donors (Lipinski definition) is 2. The summed E-state index contributed by atoms with van der Waals surface area (Å²) in [6.07, 6.45) is -4.70. The first-order valence-electron chi connectivity index (χ1n) is 5.98. The molecule has 0 amide bonds. The van der Waals surface area contributed by atoms with Gasteiger partial charge in [-0.2, -0.15) is 0 Å². The Hall–Kier alpha value is -1.96. The van der Waals surface area contributed by atoms with E-state index in [2.05, 4.69) is 10.1 Å². The lowest BCUT2D eigenvalue weighted by Gasteiger charge is -2.29. The number of anilines is 1. The molecule has 1 aliphatic heterocycles. The molecule has 5 nitrogen and oxygen atoms in total. The summed E-state index contributed by atoms with van der Waals surface area (Å²) in [6, 6.07) is 5.25. The molecule has 8 heteroatoms. The highest BCUT2D eigenvalue weighted by Gasteiger charge is 2.30. The van der Waals surface area contributed by atoms with Crippen LogP contribution < -0.4 is 10.1 Å². The molecule has 1 aromatic carbocycles. The van der Waals surface area contributed by atoms with Crippen molar-refractivity contribution in [3.8, 4) is 5.75 Å². The average molecular weight is 289 g/mol. The summed E-state index contributed by atoms with van der Waals surface area (Å²) in [7, 11) is 0. The summed E-state index contributed by atoms with van der Waals surface area (Å²) in [6.45, 7) is 2.34. The second-order valence-corrected chi connectivity index (χ2v) is 4.15. The van der Waals surface area contributed by atoms with E-state index in [1.54, 1.807) is 4.90 Å². The Morgan fingerprint density at radius 3 is 2.35 bits per heavy atom. The summed E-state index contributed by atoms with van der Waals surface area (Å²) in [5, 5.41) is 10.7. The zero-order valence-electron chi connectivity index (χ0n) is 10.5. The van der Waals surface area contributed by atoms with E-state index in [9.17, 15) is 13.2 Å². The highest BCUT2D eigenvalue weighted by atomic mass is 19.4. The molecule has 0 bridgehead atoms. The second-order valence-electron chi connectivity index (χ2n) is 4.15. The number of alkyl halides is 3. The largest absolute Gasteiger partial charge is 0.573 e. The standard InChI is InChI=1S/C12H14F3N3O2/c13-12(14,15)20-10-3-1-9(2-4-10)17-11(16)18-5-7-19-8-6-18/h1-4H,5-8H2,(H2,16,17). The third-order valence-corrected chi connectivity index (χ3v) is 2.68. The summed E-state index contributed by atoms with van der Waals surface area (Å²) >= 11 is 0. The minimum absolute atomic E-state index is 0.192. The van der Waals surface area contributed by atoms with Crippen molar-refractivity contribution >= 4 is 11.6 Å². The predicted molar refractivity (Wildman–Crippen MR) is 66.9 cm³/mol. The van der Waals surface area contributed by atoms with Crippen molar-refractivity contribution in [2.45, 2.75) is 6.36 Å². The monoisotopic (exact) mass is 289 g/mol. The van der Waals surface area contributed by atoms with Crippen LogP contribution in [0.2, 0.25) is 0 Å². The van der Waals surface area contributed by atoms with E-state index < -0.39 is 6.36 Å². The first kappa shape index (κ1) is 14.4. The molecule has 0 radical (unpaired) electrons. The lowest BCUT2D eigenvalue weighted by atomic mass is 10.3. The molecule has 110 valence electrons. The molecule has 0 aromatic heterocycles. The molecular weight excluding hydrogens is 275 g/mol. The molecule has 1 aromatic rings. The minimum Gasteiger partial charge on any atom is -0.406 e. The van der Waals surface area contributed by atoms with Crippen LogP contribution in [0, 0.1) is 5.41 Å². The molecule has 2 rings (SSSR count). The van der Waals surface area contributed by atoms with Gasteiger partial charge in [0.05, 0.1) is 13.2 Å². The van der Waals surface area contributed by atoms with E-state index in [1.165, 1.54) is 24.3 Å². The van der Waals surface area contributed by atoms with Crippen LogP contribution in [0.25, 0.3) is 0 Å². The first-order valence-corrected chi connectivity index (χ1v) is 5.98.